The fourth-order valence-electron chi connectivity index (χ4n) is 1.84. The van der Waals surface area contributed by atoms with E-state index in [9.17, 15) is 9.59 Å². The van der Waals surface area contributed by atoms with E-state index >= 15 is 0 Å². The molecule has 0 radical (unpaired) electrons. The summed E-state index contributed by atoms with van der Waals surface area (Å²) in [5.74, 6) is 0. The number of aromatic nitrogens is 2. The Kier molecular flexibility index (Phi) is 3.90. The number of nitrogens with one attached hydrogen (secondary N) is 1. The fraction of sp³-hybridized carbons (Fsp3) is 0.231. The van der Waals surface area contributed by atoms with Gasteiger partial charge >= 0.3 is 5.69 Å². The second kappa shape index (κ2) is 5.44. The highest BCUT2D eigenvalue weighted by Crippen LogP contribution is 2.22. The zero-order valence-electron chi connectivity index (χ0n) is 10.4. The van der Waals surface area contributed by atoms with Crippen molar-refractivity contribution in [3.63, 3.8) is 0 Å². The van der Waals surface area contributed by atoms with Crippen molar-refractivity contribution in [1.82, 2.24) is 9.55 Å². The molecule has 0 atom stereocenters. The van der Waals surface area contributed by atoms with Crippen LogP contribution in [0.2, 0.25) is 0 Å². The van der Waals surface area contributed by atoms with Crippen LogP contribution in [-0.4, -0.2) is 9.55 Å². The molecule has 1 aromatic heterocycles. The average molecular weight is 324 g/mol. The predicted octanol–water partition coefficient (Wildman–Crippen LogP) is 1.49. The molecule has 19 heavy (non-hydrogen) atoms. The molecule has 3 N–H and O–H groups in total. The number of hydrogen-bond donors (Lipinski definition) is 2. The van der Waals surface area contributed by atoms with Gasteiger partial charge in [-0.05, 0) is 18.6 Å². The third-order valence-electron chi connectivity index (χ3n) is 2.95. The molecule has 6 heteroatoms. The summed E-state index contributed by atoms with van der Waals surface area (Å²) in [4.78, 5) is 25.6. The smallest absolute Gasteiger partial charge is 0.328 e. The second-order valence-electron chi connectivity index (χ2n) is 4.20. The molecule has 0 aliphatic carbocycles. The van der Waals surface area contributed by atoms with Crippen molar-refractivity contribution in [2.24, 2.45) is 0 Å². The number of aromatic amines is 1. The van der Waals surface area contributed by atoms with Gasteiger partial charge in [0.05, 0.1) is 6.54 Å². The van der Waals surface area contributed by atoms with Gasteiger partial charge in [0.1, 0.15) is 0 Å². The van der Waals surface area contributed by atoms with Crippen LogP contribution in [0.15, 0.2) is 38.5 Å². The van der Waals surface area contributed by atoms with E-state index in [1.165, 1.54) is 4.57 Å². The fourth-order valence-corrected chi connectivity index (χ4v) is 2.34. The summed E-state index contributed by atoms with van der Waals surface area (Å²) in [6.45, 7) is 2.18. The van der Waals surface area contributed by atoms with Gasteiger partial charge in [-0.25, -0.2) is 4.79 Å². The van der Waals surface area contributed by atoms with Crippen LogP contribution in [0.3, 0.4) is 0 Å². The molecule has 0 spiro atoms. The molecule has 0 bridgehead atoms. The summed E-state index contributed by atoms with van der Waals surface area (Å²) in [6, 6.07) is 5.47. The van der Waals surface area contributed by atoms with Crippen LogP contribution >= 0.6 is 15.9 Å². The van der Waals surface area contributed by atoms with Crippen LogP contribution in [0, 0.1) is 0 Å². The first-order valence-corrected chi connectivity index (χ1v) is 6.67. The zero-order valence-corrected chi connectivity index (χ0v) is 12.0. The van der Waals surface area contributed by atoms with Gasteiger partial charge in [-0.2, -0.15) is 0 Å². The Hall–Kier alpha value is -1.82. The summed E-state index contributed by atoms with van der Waals surface area (Å²) in [5.41, 5.74) is 7.13. The van der Waals surface area contributed by atoms with Crippen LogP contribution < -0.4 is 17.0 Å². The van der Waals surface area contributed by atoms with Gasteiger partial charge in [0.15, 0.2) is 0 Å². The SMILES string of the molecule is CCc1cn(Cc2c(N)cccc2Br)c(=O)[nH]c1=O. The van der Waals surface area contributed by atoms with Crippen molar-refractivity contribution in [1.29, 1.82) is 0 Å². The molecule has 0 amide bonds. The van der Waals surface area contributed by atoms with E-state index in [-0.39, 0.29) is 5.56 Å². The van der Waals surface area contributed by atoms with Crippen molar-refractivity contribution in [3.8, 4) is 0 Å². The first kappa shape index (κ1) is 13.6. The van der Waals surface area contributed by atoms with Crippen LogP contribution in [0.25, 0.3) is 0 Å². The summed E-state index contributed by atoms with van der Waals surface area (Å²) < 4.78 is 2.29. The van der Waals surface area contributed by atoms with Crippen LogP contribution in [0.1, 0.15) is 18.1 Å². The minimum atomic E-state index is -0.433. The number of nitrogens with two attached hydrogens (primary N) is 1. The molecule has 0 saturated heterocycles. The lowest BCUT2D eigenvalue weighted by molar-refractivity contribution is 0.707. The van der Waals surface area contributed by atoms with Crippen molar-refractivity contribution in [2.45, 2.75) is 19.9 Å². The van der Waals surface area contributed by atoms with Gasteiger partial charge in [0.2, 0.25) is 0 Å². The van der Waals surface area contributed by atoms with Gasteiger partial charge in [0, 0.05) is 27.5 Å². The minimum Gasteiger partial charge on any atom is -0.398 e. The summed E-state index contributed by atoms with van der Waals surface area (Å²) in [7, 11) is 0. The summed E-state index contributed by atoms with van der Waals surface area (Å²) in [6.07, 6.45) is 2.15. The molecule has 5 nitrogen and oxygen atoms in total. The molecule has 0 unspecified atom stereocenters. The number of hydrogen-bond acceptors (Lipinski definition) is 3. The van der Waals surface area contributed by atoms with E-state index < -0.39 is 5.69 Å². The monoisotopic (exact) mass is 323 g/mol. The lowest BCUT2D eigenvalue weighted by Gasteiger charge is -2.11. The first-order valence-electron chi connectivity index (χ1n) is 5.88. The van der Waals surface area contributed by atoms with Crippen molar-refractivity contribution < 1.29 is 0 Å². The lowest BCUT2D eigenvalue weighted by atomic mass is 10.2. The average Bonchev–Trinajstić information content (AvgIpc) is 2.36. The van der Waals surface area contributed by atoms with Crippen molar-refractivity contribution in [3.05, 3.63) is 60.8 Å². The molecular formula is C13H14BrN3O2. The van der Waals surface area contributed by atoms with Crippen LogP contribution in [0.4, 0.5) is 5.69 Å². The maximum atomic E-state index is 11.8. The van der Waals surface area contributed by atoms with E-state index in [4.69, 9.17) is 5.73 Å². The molecule has 1 heterocycles. The lowest BCUT2D eigenvalue weighted by Crippen LogP contribution is -2.32. The molecule has 100 valence electrons. The highest BCUT2D eigenvalue weighted by molar-refractivity contribution is 9.10. The highest BCUT2D eigenvalue weighted by atomic mass is 79.9. The molecule has 0 saturated carbocycles. The molecule has 2 rings (SSSR count). The van der Waals surface area contributed by atoms with E-state index in [0.717, 1.165) is 10.0 Å². The maximum Gasteiger partial charge on any atom is 0.328 e. The van der Waals surface area contributed by atoms with E-state index in [0.29, 0.717) is 24.2 Å². The number of anilines is 1. The topological polar surface area (TPSA) is 80.9 Å². The summed E-state index contributed by atoms with van der Waals surface area (Å²) >= 11 is 3.41. The molecule has 2 aromatic rings. The molecule has 1 aromatic carbocycles. The minimum absolute atomic E-state index is 0.315. The summed E-state index contributed by atoms with van der Waals surface area (Å²) in [5, 5.41) is 0. The van der Waals surface area contributed by atoms with E-state index in [1.807, 2.05) is 19.1 Å². The van der Waals surface area contributed by atoms with Crippen molar-refractivity contribution in [2.75, 3.05) is 5.73 Å². The number of halogens is 1. The van der Waals surface area contributed by atoms with Gasteiger partial charge < -0.3 is 5.73 Å². The van der Waals surface area contributed by atoms with Crippen molar-refractivity contribution >= 4 is 21.6 Å². The number of benzene rings is 1. The first-order chi connectivity index (χ1) is 9.02. The quantitative estimate of drug-likeness (QED) is 0.840. The van der Waals surface area contributed by atoms with Gasteiger partial charge in [0.25, 0.3) is 5.56 Å². The van der Waals surface area contributed by atoms with Gasteiger partial charge in [-0.1, -0.05) is 28.9 Å². The Morgan fingerprint density at radius 3 is 2.74 bits per heavy atom. The zero-order chi connectivity index (χ0) is 14.0. The Morgan fingerprint density at radius 1 is 1.37 bits per heavy atom. The maximum absolute atomic E-state index is 11.8. The molecule has 0 fully saturated rings. The molecule has 0 aliphatic rings. The standard InChI is InChI=1S/C13H14BrN3O2/c1-2-8-6-17(13(19)16-12(8)18)7-9-10(14)4-3-5-11(9)15/h3-6H,2,7,15H2,1H3,(H,16,18,19). The third kappa shape index (κ3) is 2.78. The third-order valence-corrected chi connectivity index (χ3v) is 3.69. The normalized spacial score (nSPS) is 10.6. The Balaban J connectivity index is 2.50. The van der Waals surface area contributed by atoms with Crippen LogP contribution in [0.5, 0.6) is 0 Å². The van der Waals surface area contributed by atoms with Gasteiger partial charge in [-0.3, -0.25) is 14.3 Å². The number of H-pyrrole nitrogens is 1. The van der Waals surface area contributed by atoms with Crippen LogP contribution in [-0.2, 0) is 13.0 Å². The largest absolute Gasteiger partial charge is 0.398 e. The Morgan fingerprint density at radius 2 is 2.11 bits per heavy atom. The number of nitrogens with zero attached hydrogens (tertiary/aromatic N) is 1. The Labute approximate surface area is 118 Å². The predicted molar refractivity (Wildman–Crippen MR) is 78.4 cm³/mol. The van der Waals surface area contributed by atoms with E-state index in [2.05, 4.69) is 20.9 Å². The second-order valence-corrected chi connectivity index (χ2v) is 5.06. The van der Waals surface area contributed by atoms with E-state index in [1.54, 1.807) is 12.3 Å². The Bertz CT molecular complexity index is 698. The molecular weight excluding hydrogens is 310 g/mol. The van der Waals surface area contributed by atoms with Gasteiger partial charge in [-0.15, -0.1) is 0 Å². The number of nitrogen functional groups attached to an aromatic ring is 1. The molecule has 0 aliphatic heterocycles. The highest BCUT2D eigenvalue weighted by Gasteiger charge is 2.08. The number of aryl methyl sites for hydroxylation is 1. The number of rotatable bonds is 3.